The van der Waals surface area contributed by atoms with E-state index in [1.54, 1.807) is 0 Å². The maximum Gasteiger partial charge on any atom is 0.221 e. The third-order valence-electron chi connectivity index (χ3n) is 4.52. The summed E-state index contributed by atoms with van der Waals surface area (Å²) in [7, 11) is 0. The fraction of sp³-hybridized carbons (Fsp3) is 0.929. The topological polar surface area (TPSA) is 75.4 Å². The Labute approximate surface area is 109 Å². The minimum atomic E-state index is -0.243. The Bertz CT molecular complexity index is 280. The second-order valence-electron chi connectivity index (χ2n) is 6.22. The van der Waals surface area contributed by atoms with Crippen molar-refractivity contribution >= 4 is 5.91 Å². The van der Waals surface area contributed by atoms with Crippen molar-refractivity contribution in [3.05, 3.63) is 0 Å². The van der Waals surface area contributed by atoms with Crippen LogP contribution in [0.5, 0.6) is 0 Å². The number of aliphatic hydroxyl groups excluding tert-OH is 1. The van der Waals surface area contributed by atoms with Gasteiger partial charge < -0.3 is 16.2 Å². The minimum Gasteiger partial charge on any atom is -0.393 e. The summed E-state index contributed by atoms with van der Waals surface area (Å²) in [6.07, 6.45) is 8.43. The first-order valence-corrected chi connectivity index (χ1v) is 7.31. The molecule has 2 aliphatic rings. The van der Waals surface area contributed by atoms with Crippen molar-refractivity contribution in [3.63, 3.8) is 0 Å². The highest BCUT2D eigenvalue weighted by Crippen LogP contribution is 2.30. The van der Waals surface area contributed by atoms with Gasteiger partial charge in [-0.25, -0.2) is 0 Å². The van der Waals surface area contributed by atoms with Crippen LogP contribution in [0.3, 0.4) is 0 Å². The van der Waals surface area contributed by atoms with Crippen molar-refractivity contribution in [1.29, 1.82) is 0 Å². The lowest BCUT2D eigenvalue weighted by molar-refractivity contribution is -0.122. The largest absolute Gasteiger partial charge is 0.393 e. The molecule has 4 nitrogen and oxygen atoms in total. The molecule has 0 heterocycles. The summed E-state index contributed by atoms with van der Waals surface area (Å²) in [6.45, 7) is 0.752. The first-order chi connectivity index (χ1) is 8.57. The summed E-state index contributed by atoms with van der Waals surface area (Å²) >= 11 is 0. The van der Waals surface area contributed by atoms with E-state index in [1.165, 1.54) is 0 Å². The van der Waals surface area contributed by atoms with Gasteiger partial charge in [0.25, 0.3) is 0 Å². The third kappa shape index (κ3) is 3.95. The second kappa shape index (κ2) is 6.02. The molecule has 0 aromatic carbocycles. The molecular weight excluding hydrogens is 228 g/mol. The van der Waals surface area contributed by atoms with Gasteiger partial charge in [-0.3, -0.25) is 4.79 Å². The van der Waals surface area contributed by atoms with Crippen LogP contribution in [-0.2, 0) is 4.79 Å². The fourth-order valence-electron chi connectivity index (χ4n) is 3.25. The molecule has 0 aromatic heterocycles. The van der Waals surface area contributed by atoms with Gasteiger partial charge >= 0.3 is 0 Å². The Balaban J connectivity index is 1.65. The van der Waals surface area contributed by atoms with Crippen LogP contribution in [0.1, 0.15) is 57.8 Å². The number of nitrogens with two attached hydrogens (primary N) is 1. The molecule has 0 atom stereocenters. The summed E-state index contributed by atoms with van der Waals surface area (Å²) in [5, 5.41) is 12.4. The Morgan fingerprint density at radius 3 is 2.44 bits per heavy atom. The molecule has 0 aromatic rings. The van der Waals surface area contributed by atoms with Crippen molar-refractivity contribution in [2.24, 2.45) is 11.7 Å². The van der Waals surface area contributed by atoms with Crippen LogP contribution in [0, 0.1) is 5.92 Å². The van der Waals surface area contributed by atoms with Crippen LogP contribution >= 0.6 is 0 Å². The lowest BCUT2D eigenvalue weighted by Gasteiger charge is -2.27. The minimum absolute atomic E-state index is 0.102. The van der Waals surface area contributed by atoms with Crippen LogP contribution in [0.25, 0.3) is 0 Å². The van der Waals surface area contributed by atoms with Gasteiger partial charge in [0.2, 0.25) is 5.91 Å². The summed E-state index contributed by atoms with van der Waals surface area (Å²) in [6, 6.07) is 0. The lowest BCUT2D eigenvalue weighted by atomic mass is 9.87. The molecule has 1 amide bonds. The zero-order chi connectivity index (χ0) is 13.0. The SMILES string of the molecule is NC1(CC(=O)NCC2CCC(O)CC2)CCCC1. The maximum atomic E-state index is 11.9. The van der Waals surface area contributed by atoms with E-state index in [0.717, 1.165) is 57.9 Å². The molecule has 0 bridgehead atoms. The maximum absolute atomic E-state index is 11.9. The number of aliphatic hydroxyl groups is 1. The molecule has 2 fully saturated rings. The highest BCUT2D eigenvalue weighted by molar-refractivity contribution is 5.77. The summed E-state index contributed by atoms with van der Waals surface area (Å²) in [4.78, 5) is 11.9. The molecule has 0 unspecified atom stereocenters. The van der Waals surface area contributed by atoms with Crippen molar-refractivity contribution < 1.29 is 9.90 Å². The molecule has 0 radical (unpaired) electrons. The van der Waals surface area contributed by atoms with Gasteiger partial charge in [-0.15, -0.1) is 0 Å². The molecule has 0 saturated heterocycles. The van der Waals surface area contributed by atoms with Gasteiger partial charge in [0.1, 0.15) is 0 Å². The molecule has 2 aliphatic carbocycles. The molecular formula is C14H26N2O2. The third-order valence-corrected chi connectivity index (χ3v) is 4.52. The molecule has 104 valence electrons. The van der Waals surface area contributed by atoms with Gasteiger partial charge in [-0.1, -0.05) is 12.8 Å². The van der Waals surface area contributed by atoms with E-state index in [9.17, 15) is 9.90 Å². The molecule has 18 heavy (non-hydrogen) atoms. The van der Waals surface area contributed by atoms with E-state index in [2.05, 4.69) is 5.32 Å². The summed E-state index contributed by atoms with van der Waals surface area (Å²) in [5.74, 6) is 0.639. The predicted octanol–water partition coefficient (Wildman–Crippen LogP) is 1.32. The van der Waals surface area contributed by atoms with Crippen molar-refractivity contribution in [2.45, 2.75) is 69.4 Å². The average Bonchev–Trinajstić information content (AvgIpc) is 2.75. The van der Waals surface area contributed by atoms with Crippen LogP contribution in [0.2, 0.25) is 0 Å². The van der Waals surface area contributed by atoms with Crippen molar-refractivity contribution in [2.75, 3.05) is 6.54 Å². The quantitative estimate of drug-likeness (QED) is 0.708. The predicted molar refractivity (Wildman–Crippen MR) is 71.0 cm³/mol. The van der Waals surface area contributed by atoms with E-state index in [0.29, 0.717) is 12.3 Å². The molecule has 0 aliphatic heterocycles. The number of nitrogens with one attached hydrogen (secondary N) is 1. The lowest BCUT2D eigenvalue weighted by Crippen LogP contribution is -2.43. The van der Waals surface area contributed by atoms with E-state index >= 15 is 0 Å². The number of hydrogen-bond donors (Lipinski definition) is 3. The normalized spacial score (nSPS) is 31.2. The van der Waals surface area contributed by atoms with Crippen LogP contribution in [0.15, 0.2) is 0 Å². The van der Waals surface area contributed by atoms with E-state index in [1.807, 2.05) is 0 Å². The van der Waals surface area contributed by atoms with Crippen molar-refractivity contribution in [1.82, 2.24) is 5.32 Å². The number of carbonyl (C=O) groups is 1. The van der Waals surface area contributed by atoms with E-state index in [-0.39, 0.29) is 17.6 Å². The fourth-order valence-corrected chi connectivity index (χ4v) is 3.25. The first-order valence-electron chi connectivity index (χ1n) is 7.31. The Hall–Kier alpha value is -0.610. The smallest absolute Gasteiger partial charge is 0.221 e. The summed E-state index contributed by atoms with van der Waals surface area (Å²) < 4.78 is 0. The van der Waals surface area contributed by atoms with Crippen molar-refractivity contribution in [3.8, 4) is 0 Å². The monoisotopic (exact) mass is 254 g/mol. The van der Waals surface area contributed by atoms with Crippen LogP contribution in [0.4, 0.5) is 0 Å². The summed E-state index contributed by atoms with van der Waals surface area (Å²) in [5.41, 5.74) is 5.95. The number of hydrogen-bond acceptors (Lipinski definition) is 3. The van der Waals surface area contributed by atoms with Gasteiger partial charge in [-0.2, -0.15) is 0 Å². The van der Waals surface area contributed by atoms with Crippen LogP contribution in [-0.4, -0.2) is 29.2 Å². The molecule has 4 heteroatoms. The second-order valence-corrected chi connectivity index (χ2v) is 6.22. The van der Waals surface area contributed by atoms with E-state index < -0.39 is 0 Å². The molecule has 2 saturated carbocycles. The van der Waals surface area contributed by atoms with Gasteiger partial charge in [0.15, 0.2) is 0 Å². The highest BCUT2D eigenvalue weighted by Gasteiger charge is 2.31. The molecule has 0 spiro atoms. The first kappa shape index (κ1) is 13.8. The zero-order valence-corrected chi connectivity index (χ0v) is 11.2. The van der Waals surface area contributed by atoms with Crippen LogP contribution < -0.4 is 11.1 Å². The highest BCUT2D eigenvalue weighted by atomic mass is 16.3. The number of carbonyl (C=O) groups excluding carboxylic acids is 1. The van der Waals surface area contributed by atoms with Gasteiger partial charge in [0.05, 0.1) is 6.10 Å². The number of amides is 1. The molecule has 4 N–H and O–H groups in total. The van der Waals surface area contributed by atoms with Gasteiger partial charge in [0, 0.05) is 18.5 Å². The zero-order valence-electron chi connectivity index (χ0n) is 11.2. The number of rotatable bonds is 4. The standard InChI is InChI=1S/C14H26N2O2/c15-14(7-1-2-8-14)9-13(18)16-10-11-3-5-12(17)6-4-11/h11-12,17H,1-10,15H2,(H,16,18). The van der Waals surface area contributed by atoms with E-state index in [4.69, 9.17) is 5.73 Å². The Kier molecular flexibility index (Phi) is 4.62. The molecule has 2 rings (SSSR count). The Morgan fingerprint density at radius 2 is 1.83 bits per heavy atom. The average molecular weight is 254 g/mol. The Morgan fingerprint density at radius 1 is 1.22 bits per heavy atom. The van der Waals surface area contributed by atoms with Gasteiger partial charge in [-0.05, 0) is 44.4 Å².